The van der Waals surface area contributed by atoms with Crippen molar-refractivity contribution in [1.82, 2.24) is 9.78 Å². The van der Waals surface area contributed by atoms with Gasteiger partial charge in [0.15, 0.2) is 5.57 Å². The molecule has 0 aliphatic heterocycles. The van der Waals surface area contributed by atoms with Crippen LogP contribution in [0, 0.1) is 34.0 Å². The predicted molar refractivity (Wildman–Crippen MR) is 76.1 cm³/mol. The molecule has 21 heavy (non-hydrogen) atoms. The molecule has 100 valence electrons. The van der Waals surface area contributed by atoms with Crippen molar-refractivity contribution >= 4 is 5.69 Å². The number of nitriles is 3. The number of aromatic nitrogens is 2. The Labute approximate surface area is 121 Å². The third-order valence-electron chi connectivity index (χ3n) is 2.76. The highest BCUT2D eigenvalue weighted by atomic mass is 15.2. The first kappa shape index (κ1) is 13.9. The third kappa shape index (κ3) is 2.89. The molecular formula is C15H10N6. The largest absolute Gasteiger partial charge is 0.345 e. The molecule has 0 spiro atoms. The standard InChI is InChI=1S/C15H10N6/c1-21-7-6-14(20-21)12-4-2-3-5-13(12)19-15(10-18)11(8-16)9-17/h2-7,19H,1H3. The molecule has 0 unspecified atom stereocenters. The van der Waals surface area contributed by atoms with Gasteiger partial charge in [0, 0.05) is 24.5 Å². The molecule has 0 saturated carbocycles. The van der Waals surface area contributed by atoms with Crippen LogP contribution in [0.5, 0.6) is 0 Å². The minimum absolute atomic E-state index is 0.0802. The van der Waals surface area contributed by atoms with Crippen LogP contribution in [-0.2, 0) is 7.05 Å². The molecule has 1 heterocycles. The number of allylic oxidation sites excluding steroid dienone is 2. The van der Waals surface area contributed by atoms with Crippen molar-refractivity contribution in [2.45, 2.75) is 0 Å². The van der Waals surface area contributed by atoms with Gasteiger partial charge in [-0.3, -0.25) is 4.68 Å². The number of hydrogen-bond acceptors (Lipinski definition) is 5. The highest BCUT2D eigenvalue weighted by Gasteiger charge is 2.11. The Morgan fingerprint density at radius 1 is 1.10 bits per heavy atom. The Bertz CT molecular complexity index is 807. The number of aryl methyl sites for hydroxylation is 1. The molecular weight excluding hydrogens is 264 g/mol. The van der Waals surface area contributed by atoms with E-state index in [1.165, 1.54) is 0 Å². The minimum atomic E-state index is -0.256. The van der Waals surface area contributed by atoms with Gasteiger partial charge in [0.05, 0.1) is 5.69 Å². The number of para-hydroxylation sites is 1. The maximum absolute atomic E-state index is 9.09. The van der Waals surface area contributed by atoms with Gasteiger partial charge in [-0.15, -0.1) is 0 Å². The van der Waals surface area contributed by atoms with E-state index in [4.69, 9.17) is 15.8 Å². The van der Waals surface area contributed by atoms with Gasteiger partial charge >= 0.3 is 0 Å². The summed E-state index contributed by atoms with van der Waals surface area (Å²) in [5.41, 5.74) is 1.78. The van der Waals surface area contributed by atoms with Gasteiger partial charge in [0.1, 0.15) is 23.9 Å². The van der Waals surface area contributed by atoms with Crippen LogP contribution >= 0.6 is 0 Å². The summed E-state index contributed by atoms with van der Waals surface area (Å²) in [5.74, 6) is 0. The van der Waals surface area contributed by atoms with Crippen LogP contribution < -0.4 is 5.32 Å². The molecule has 2 aromatic rings. The molecule has 0 saturated heterocycles. The van der Waals surface area contributed by atoms with Gasteiger partial charge < -0.3 is 5.32 Å². The van der Waals surface area contributed by atoms with Gasteiger partial charge in [-0.25, -0.2) is 0 Å². The quantitative estimate of drug-likeness (QED) is 0.865. The molecule has 0 bridgehead atoms. The summed E-state index contributed by atoms with van der Waals surface area (Å²) < 4.78 is 1.67. The van der Waals surface area contributed by atoms with Crippen LogP contribution in [0.3, 0.4) is 0 Å². The highest BCUT2D eigenvalue weighted by Crippen LogP contribution is 2.27. The number of rotatable bonds is 3. The summed E-state index contributed by atoms with van der Waals surface area (Å²) in [4.78, 5) is 0. The summed E-state index contributed by atoms with van der Waals surface area (Å²) >= 11 is 0. The molecule has 0 radical (unpaired) electrons. The minimum Gasteiger partial charge on any atom is -0.345 e. The second-order valence-electron chi connectivity index (χ2n) is 4.13. The molecule has 0 aliphatic carbocycles. The maximum Gasteiger partial charge on any atom is 0.163 e. The lowest BCUT2D eigenvalue weighted by molar-refractivity contribution is 0.771. The molecule has 1 aromatic carbocycles. The summed E-state index contributed by atoms with van der Waals surface area (Å²) in [7, 11) is 1.81. The van der Waals surface area contributed by atoms with E-state index in [0.717, 1.165) is 11.3 Å². The van der Waals surface area contributed by atoms with E-state index >= 15 is 0 Å². The van der Waals surface area contributed by atoms with Crippen LogP contribution in [-0.4, -0.2) is 9.78 Å². The Kier molecular flexibility index (Phi) is 4.00. The summed E-state index contributed by atoms with van der Waals surface area (Å²) in [6.07, 6.45) is 1.81. The molecule has 0 fully saturated rings. The zero-order valence-electron chi connectivity index (χ0n) is 11.2. The lowest BCUT2D eigenvalue weighted by Crippen LogP contribution is -2.02. The SMILES string of the molecule is Cn1ccc(-c2ccccc2NC(C#N)=C(C#N)C#N)n1. The van der Waals surface area contributed by atoms with Crippen LogP contribution in [0.1, 0.15) is 0 Å². The monoisotopic (exact) mass is 274 g/mol. The van der Waals surface area contributed by atoms with Crippen molar-refractivity contribution < 1.29 is 0 Å². The summed E-state index contributed by atoms with van der Waals surface area (Å²) in [6, 6.07) is 14.3. The summed E-state index contributed by atoms with van der Waals surface area (Å²) in [6.45, 7) is 0. The van der Waals surface area contributed by atoms with Crippen molar-refractivity contribution in [2.75, 3.05) is 5.32 Å². The zero-order chi connectivity index (χ0) is 15.2. The Balaban J connectivity index is 2.48. The van der Waals surface area contributed by atoms with Gasteiger partial charge in [0.2, 0.25) is 0 Å². The van der Waals surface area contributed by atoms with Crippen molar-refractivity contribution in [1.29, 1.82) is 15.8 Å². The first-order valence-electron chi connectivity index (χ1n) is 6.00. The van der Waals surface area contributed by atoms with Crippen molar-refractivity contribution in [2.24, 2.45) is 7.05 Å². The third-order valence-corrected chi connectivity index (χ3v) is 2.76. The number of nitrogens with one attached hydrogen (secondary N) is 1. The molecule has 0 aliphatic rings. The fourth-order valence-electron chi connectivity index (χ4n) is 1.79. The van der Waals surface area contributed by atoms with E-state index in [-0.39, 0.29) is 11.3 Å². The Morgan fingerprint density at radius 2 is 1.81 bits per heavy atom. The Hall–Kier alpha value is -3.56. The molecule has 0 atom stereocenters. The summed E-state index contributed by atoms with van der Waals surface area (Å²) in [5, 5.41) is 33.9. The normalized spacial score (nSPS) is 9.05. The number of benzene rings is 1. The first-order valence-corrected chi connectivity index (χ1v) is 6.00. The van der Waals surface area contributed by atoms with Gasteiger partial charge in [-0.1, -0.05) is 18.2 Å². The predicted octanol–water partition coefficient (Wildman–Crippen LogP) is 2.32. The second-order valence-corrected chi connectivity index (χ2v) is 4.13. The number of hydrogen-bond donors (Lipinski definition) is 1. The van der Waals surface area contributed by atoms with Crippen LogP contribution in [0.4, 0.5) is 5.69 Å². The fraction of sp³-hybridized carbons (Fsp3) is 0.0667. The fourth-order valence-corrected chi connectivity index (χ4v) is 1.79. The topological polar surface area (TPSA) is 101 Å². The highest BCUT2D eigenvalue weighted by molar-refractivity contribution is 5.77. The van der Waals surface area contributed by atoms with E-state index in [2.05, 4.69) is 10.4 Å². The van der Waals surface area contributed by atoms with Crippen LogP contribution in [0.2, 0.25) is 0 Å². The van der Waals surface area contributed by atoms with Gasteiger partial charge in [-0.05, 0) is 12.1 Å². The molecule has 1 aromatic heterocycles. The zero-order valence-corrected chi connectivity index (χ0v) is 11.2. The van der Waals surface area contributed by atoms with E-state index in [0.29, 0.717) is 5.69 Å². The number of anilines is 1. The van der Waals surface area contributed by atoms with E-state index < -0.39 is 0 Å². The van der Waals surface area contributed by atoms with Crippen LogP contribution in [0.25, 0.3) is 11.3 Å². The van der Waals surface area contributed by atoms with Crippen LogP contribution in [0.15, 0.2) is 47.8 Å². The average molecular weight is 274 g/mol. The molecule has 0 amide bonds. The average Bonchev–Trinajstić information content (AvgIpc) is 2.94. The lowest BCUT2D eigenvalue weighted by Gasteiger charge is -2.09. The van der Waals surface area contributed by atoms with Crippen molar-refractivity contribution in [3.8, 4) is 29.5 Å². The molecule has 1 N–H and O–H groups in total. The van der Waals surface area contributed by atoms with E-state index in [1.807, 2.05) is 37.5 Å². The smallest absolute Gasteiger partial charge is 0.163 e. The molecule has 6 heteroatoms. The van der Waals surface area contributed by atoms with Gasteiger partial charge in [0.25, 0.3) is 0 Å². The molecule has 6 nitrogen and oxygen atoms in total. The second kappa shape index (κ2) is 6.06. The van der Waals surface area contributed by atoms with Gasteiger partial charge in [-0.2, -0.15) is 20.9 Å². The van der Waals surface area contributed by atoms with E-state index in [9.17, 15) is 0 Å². The lowest BCUT2D eigenvalue weighted by atomic mass is 10.1. The van der Waals surface area contributed by atoms with Crippen molar-refractivity contribution in [3.05, 3.63) is 47.8 Å². The van der Waals surface area contributed by atoms with E-state index in [1.54, 1.807) is 29.0 Å². The molecule has 2 rings (SSSR count). The maximum atomic E-state index is 9.09. The van der Waals surface area contributed by atoms with Crippen molar-refractivity contribution in [3.63, 3.8) is 0 Å². The first-order chi connectivity index (χ1) is 10.2. The Morgan fingerprint density at radius 3 is 2.38 bits per heavy atom. The number of nitrogens with zero attached hydrogens (tertiary/aromatic N) is 5.